The number of methoxy groups -OCH3 is 1. The van der Waals surface area contributed by atoms with Crippen molar-refractivity contribution in [3.63, 3.8) is 0 Å². The summed E-state index contributed by atoms with van der Waals surface area (Å²) in [7, 11) is 3.68. The average molecular weight is 390 g/mol. The van der Waals surface area contributed by atoms with Crippen LogP contribution in [0.1, 0.15) is 43.3 Å². The predicted octanol–water partition coefficient (Wildman–Crippen LogP) is 3.88. The van der Waals surface area contributed by atoms with Gasteiger partial charge in [-0.2, -0.15) is 0 Å². The lowest BCUT2D eigenvalue weighted by molar-refractivity contribution is -0.136. The van der Waals surface area contributed by atoms with Crippen LogP contribution in [0.25, 0.3) is 0 Å². The van der Waals surface area contributed by atoms with Gasteiger partial charge in [-0.25, -0.2) is 4.98 Å². The molecule has 0 radical (unpaired) electrons. The lowest BCUT2D eigenvalue weighted by Gasteiger charge is -2.31. The standard InChI is InChI=1S/C21H31N3O2S/c1-5-6-13-24(3)21(26-4)16(2)19(25)23-18(20-22-12-14-27-20)15-17-10-8-7-9-11-17/h7-12,14,16,18,21H,5-6,13,15H2,1-4H3,(H,23,25). The van der Waals surface area contributed by atoms with Crippen molar-refractivity contribution in [3.05, 3.63) is 52.5 Å². The third-order valence-corrected chi connectivity index (χ3v) is 5.62. The molecule has 148 valence electrons. The van der Waals surface area contributed by atoms with Crippen molar-refractivity contribution in [2.45, 2.75) is 45.4 Å². The Bertz CT molecular complexity index is 663. The van der Waals surface area contributed by atoms with Crippen LogP contribution in [0.15, 0.2) is 41.9 Å². The number of benzene rings is 1. The molecule has 0 aliphatic rings. The van der Waals surface area contributed by atoms with E-state index in [2.05, 4.69) is 34.3 Å². The molecule has 0 spiro atoms. The highest BCUT2D eigenvalue weighted by molar-refractivity contribution is 7.09. The number of aromatic nitrogens is 1. The molecule has 1 aromatic heterocycles. The van der Waals surface area contributed by atoms with Gasteiger partial charge < -0.3 is 10.1 Å². The largest absolute Gasteiger partial charge is 0.366 e. The van der Waals surface area contributed by atoms with Crippen LogP contribution >= 0.6 is 11.3 Å². The monoisotopic (exact) mass is 389 g/mol. The molecule has 0 saturated heterocycles. The molecule has 0 aliphatic carbocycles. The first kappa shape index (κ1) is 21.5. The second kappa shape index (κ2) is 11.2. The normalized spacial score (nSPS) is 14.7. The number of thiazole rings is 1. The lowest BCUT2D eigenvalue weighted by Crippen LogP contribution is -2.46. The Kier molecular flexibility index (Phi) is 8.91. The Hall–Kier alpha value is -1.76. The first-order valence-electron chi connectivity index (χ1n) is 9.53. The minimum atomic E-state index is -0.282. The minimum Gasteiger partial charge on any atom is -0.366 e. The van der Waals surface area contributed by atoms with Crippen LogP contribution in [0.3, 0.4) is 0 Å². The Morgan fingerprint density at radius 1 is 1.33 bits per heavy atom. The van der Waals surface area contributed by atoms with Crippen LogP contribution in [0.2, 0.25) is 0 Å². The number of hydrogen-bond donors (Lipinski definition) is 1. The molecule has 27 heavy (non-hydrogen) atoms. The number of hydrogen-bond acceptors (Lipinski definition) is 5. The summed E-state index contributed by atoms with van der Waals surface area (Å²) in [6.45, 7) is 4.99. The number of unbranched alkanes of at least 4 members (excludes halogenated alkanes) is 1. The number of rotatable bonds is 11. The summed E-state index contributed by atoms with van der Waals surface area (Å²) in [5.41, 5.74) is 1.18. The van der Waals surface area contributed by atoms with E-state index in [9.17, 15) is 4.79 Å². The summed E-state index contributed by atoms with van der Waals surface area (Å²) in [6.07, 6.45) is 4.45. The van der Waals surface area contributed by atoms with Gasteiger partial charge >= 0.3 is 0 Å². The molecular formula is C21H31N3O2S. The highest BCUT2D eigenvalue weighted by Gasteiger charge is 2.29. The summed E-state index contributed by atoms with van der Waals surface area (Å²) in [4.78, 5) is 19.5. The van der Waals surface area contributed by atoms with Crippen molar-refractivity contribution in [2.24, 2.45) is 5.92 Å². The van der Waals surface area contributed by atoms with E-state index in [0.29, 0.717) is 0 Å². The maximum atomic E-state index is 13.0. The van der Waals surface area contributed by atoms with Crippen LogP contribution in [0, 0.1) is 5.92 Å². The molecule has 6 heteroatoms. The summed E-state index contributed by atoms with van der Waals surface area (Å²) in [5, 5.41) is 6.06. The smallest absolute Gasteiger partial charge is 0.227 e. The molecule has 3 unspecified atom stereocenters. The highest BCUT2D eigenvalue weighted by atomic mass is 32.1. The van der Waals surface area contributed by atoms with Gasteiger partial charge in [-0.1, -0.05) is 43.7 Å². The van der Waals surface area contributed by atoms with Crippen molar-refractivity contribution < 1.29 is 9.53 Å². The van der Waals surface area contributed by atoms with Gasteiger partial charge in [0.05, 0.1) is 12.0 Å². The molecule has 1 heterocycles. The van der Waals surface area contributed by atoms with Crippen LogP contribution in [0.4, 0.5) is 0 Å². The van der Waals surface area contributed by atoms with E-state index in [4.69, 9.17) is 4.74 Å². The summed E-state index contributed by atoms with van der Waals surface area (Å²) >= 11 is 1.57. The number of carbonyl (C=O) groups excluding carboxylic acids is 1. The highest BCUT2D eigenvalue weighted by Crippen LogP contribution is 2.22. The number of ether oxygens (including phenoxy) is 1. The maximum Gasteiger partial charge on any atom is 0.227 e. The molecule has 0 aliphatic heterocycles. The average Bonchev–Trinajstić information content (AvgIpc) is 3.21. The zero-order valence-corrected chi connectivity index (χ0v) is 17.5. The Balaban J connectivity index is 2.07. The van der Waals surface area contributed by atoms with Gasteiger partial charge in [0.25, 0.3) is 0 Å². The zero-order valence-electron chi connectivity index (χ0n) is 16.7. The Morgan fingerprint density at radius 2 is 2.07 bits per heavy atom. The molecule has 0 saturated carbocycles. The van der Waals surface area contributed by atoms with Crippen LogP contribution < -0.4 is 5.32 Å². The predicted molar refractivity (Wildman–Crippen MR) is 111 cm³/mol. The van der Waals surface area contributed by atoms with E-state index in [0.717, 1.165) is 30.8 Å². The van der Waals surface area contributed by atoms with Crippen molar-refractivity contribution in [3.8, 4) is 0 Å². The fourth-order valence-corrected chi connectivity index (χ4v) is 3.88. The second-order valence-corrected chi connectivity index (χ2v) is 7.80. The maximum absolute atomic E-state index is 13.0. The van der Waals surface area contributed by atoms with Crippen molar-refractivity contribution in [1.82, 2.24) is 15.2 Å². The number of carbonyl (C=O) groups is 1. The fraction of sp³-hybridized carbons (Fsp3) is 0.524. The van der Waals surface area contributed by atoms with E-state index in [-0.39, 0.29) is 24.1 Å². The lowest BCUT2D eigenvalue weighted by atomic mass is 10.0. The molecule has 0 fully saturated rings. The molecular weight excluding hydrogens is 358 g/mol. The topological polar surface area (TPSA) is 54.5 Å². The van der Waals surface area contributed by atoms with E-state index < -0.39 is 0 Å². The van der Waals surface area contributed by atoms with Gasteiger partial charge in [0.15, 0.2) is 0 Å². The second-order valence-electron chi connectivity index (χ2n) is 6.87. The van der Waals surface area contributed by atoms with E-state index >= 15 is 0 Å². The molecule has 1 amide bonds. The number of nitrogens with one attached hydrogen (secondary N) is 1. The van der Waals surface area contributed by atoms with Gasteiger partial charge in [-0.3, -0.25) is 9.69 Å². The summed E-state index contributed by atoms with van der Waals surface area (Å²) in [5.74, 6) is -0.295. The van der Waals surface area contributed by atoms with E-state index in [1.54, 1.807) is 24.6 Å². The fourth-order valence-electron chi connectivity index (χ4n) is 3.19. The van der Waals surface area contributed by atoms with Crippen molar-refractivity contribution >= 4 is 17.2 Å². The third-order valence-electron chi connectivity index (χ3n) is 4.73. The molecule has 1 aromatic carbocycles. The van der Waals surface area contributed by atoms with E-state index in [1.807, 2.05) is 37.6 Å². The summed E-state index contributed by atoms with van der Waals surface area (Å²) in [6, 6.07) is 10.0. The van der Waals surface area contributed by atoms with Crippen LogP contribution in [0.5, 0.6) is 0 Å². The van der Waals surface area contributed by atoms with Gasteiger partial charge in [-0.15, -0.1) is 11.3 Å². The third kappa shape index (κ3) is 6.41. The first-order valence-corrected chi connectivity index (χ1v) is 10.4. The van der Waals surface area contributed by atoms with Crippen LogP contribution in [-0.2, 0) is 16.0 Å². The molecule has 2 aromatic rings. The van der Waals surface area contributed by atoms with Gasteiger partial charge in [0.2, 0.25) is 5.91 Å². The summed E-state index contributed by atoms with van der Waals surface area (Å²) < 4.78 is 5.63. The number of nitrogens with zero attached hydrogens (tertiary/aromatic N) is 2. The number of amides is 1. The zero-order chi connectivity index (χ0) is 19.6. The molecule has 2 rings (SSSR count). The molecule has 3 atom stereocenters. The van der Waals surface area contributed by atoms with Gasteiger partial charge in [0.1, 0.15) is 11.2 Å². The van der Waals surface area contributed by atoms with Crippen molar-refractivity contribution in [2.75, 3.05) is 20.7 Å². The molecule has 0 bridgehead atoms. The van der Waals surface area contributed by atoms with Crippen LogP contribution in [-0.4, -0.2) is 42.7 Å². The SMILES string of the molecule is CCCCN(C)C(OC)C(C)C(=O)NC(Cc1ccccc1)c1nccs1. The Morgan fingerprint density at radius 3 is 2.67 bits per heavy atom. The Labute approximate surface area is 166 Å². The van der Waals surface area contributed by atoms with E-state index in [1.165, 1.54) is 5.56 Å². The minimum absolute atomic E-state index is 0.0127. The quantitative estimate of drug-likeness (QED) is 0.593. The van der Waals surface area contributed by atoms with Gasteiger partial charge in [0, 0.05) is 25.2 Å². The van der Waals surface area contributed by atoms with Gasteiger partial charge in [-0.05, 0) is 32.4 Å². The van der Waals surface area contributed by atoms with Crippen molar-refractivity contribution in [1.29, 1.82) is 0 Å². The molecule has 1 N–H and O–H groups in total. The molecule has 5 nitrogen and oxygen atoms in total. The first-order chi connectivity index (χ1) is 13.1.